The molecule has 106 valence electrons. The van der Waals surface area contributed by atoms with Crippen molar-refractivity contribution in [1.29, 1.82) is 0 Å². The van der Waals surface area contributed by atoms with E-state index >= 15 is 0 Å². The highest BCUT2D eigenvalue weighted by Crippen LogP contribution is 2.33. The molecule has 0 aromatic heterocycles. The predicted octanol–water partition coefficient (Wildman–Crippen LogP) is 4.97. The predicted molar refractivity (Wildman–Crippen MR) is 82.8 cm³/mol. The van der Waals surface area contributed by atoms with Gasteiger partial charge in [0.1, 0.15) is 5.75 Å². The van der Waals surface area contributed by atoms with Crippen molar-refractivity contribution >= 4 is 15.9 Å². The molecule has 0 aliphatic carbocycles. The molecular formula is C16H17BrFNO. The van der Waals surface area contributed by atoms with Gasteiger partial charge >= 0.3 is 0 Å². The number of aryl methyl sites for hydroxylation is 1. The van der Waals surface area contributed by atoms with E-state index in [0.717, 1.165) is 10.0 Å². The molecule has 1 atom stereocenters. The molecule has 0 fully saturated rings. The van der Waals surface area contributed by atoms with Crippen molar-refractivity contribution in [3.05, 3.63) is 57.8 Å². The zero-order valence-corrected chi connectivity index (χ0v) is 13.3. The number of benzene rings is 2. The molecule has 0 bridgehead atoms. The molecule has 0 saturated carbocycles. The first-order valence-corrected chi connectivity index (χ1v) is 7.22. The fourth-order valence-corrected chi connectivity index (χ4v) is 2.30. The van der Waals surface area contributed by atoms with Crippen LogP contribution in [0.4, 0.5) is 4.39 Å². The summed E-state index contributed by atoms with van der Waals surface area (Å²) >= 11 is 3.45. The van der Waals surface area contributed by atoms with Gasteiger partial charge in [-0.2, -0.15) is 0 Å². The summed E-state index contributed by atoms with van der Waals surface area (Å²) < 4.78 is 20.8. The Morgan fingerprint density at radius 3 is 2.65 bits per heavy atom. The van der Waals surface area contributed by atoms with Gasteiger partial charge < -0.3 is 10.1 Å². The summed E-state index contributed by atoms with van der Waals surface area (Å²) in [6, 6.07) is 11.0. The Hall–Kier alpha value is -1.39. The lowest BCUT2D eigenvalue weighted by Crippen LogP contribution is -2.13. The number of ether oxygens (including phenoxy) is 1. The van der Waals surface area contributed by atoms with E-state index in [1.54, 1.807) is 25.1 Å². The minimum absolute atomic E-state index is 0.107. The van der Waals surface area contributed by atoms with Crippen LogP contribution in [0.25, 0.3) is 0 Å². The van der Waals surface area contributed by atoms with Crippen LogP contribution < -0.4 is 10.1 Å². The maximum absolute atomic E-state index is 14.0. The largest absolute Gasteiger partial charge is 0.454 e. The Kier molecular flexibility index (Phi) is 4.78. The Morgan fingerprint density at radius 1 is 1.20 bits per heavy atom. The van der Waals surface area contributed by atoms with E-state index in [0.29, 0.717) is 11.3 Å². The number of nitrogens with one attached hydrogen (secondary N) is 1. The maximum Gasteiger partial charge on any atom is 0.168 e. The third-order valence-electron chi connectivity index (χ3n) is 3.25. The Bertz CT molecular complexity index is 615. The van der Waals surface area contributed by atoms with E-state index in [-0.39, 0.29) is 17.6 Å². The first kappa shape index (κ1) is 15.0. The first-order chi connectivity index (χ1) is 9.52. The molecule has 4 heteroatoms. The van der Waals surface area contributed by atoms with Gasteiger partial charge in [0.2, 0.25) is 0 Å². The fraction of sp³-hybridized carbons (Fsp3) is 0.250. The normalized spacial score (nSPS) is 12.2. The van der Waals surface area contributed by atoms with Gasteiger partial charge in [0.05, 0.1) is 0 Å². The summed E-state index contributed by atoms with van der Waals surface area (Å²) in [5, 5.41) is 3.17. The van der Waals surface area contributed by atoms with Crippen LogP contribution in [0.5, 0.6) is 11.5 Å². The highest BCUT2D eigenvalue weighted by Gasteiger charge is 2.14. The second-order valence-corrected chi connectivity index (χ2v) is 5.60. The van der Waals surface area contributed by atoms with Gasteiger partial charge in [0.25, 0.3) is 0 Å². The summed E-state index contributed by atoms with van der Waals surface area (Å²) in [6.45, 7) is 3.75. The standard InChI is InChI=1S/C16H17BrFNO/c1-10-5-4-6-15(16(10)18)20-14-8-7-12(17)9-13(14)11(2)19-3/h4-9,11,19H,1-3H3. The summed E-state index contributed by atoms with van der Waals surface area (Å²) in [6.07, 6.45) is 0. The second kappa shape index (κ2) is 6.37. The Morgan fingerprint density at radius 2 is 1.95 bits per heavy atom. The van der Waals surface area contributed by atoms with Crippen LogP contribution in [0.2, 0.25) is 0 Å². The van der Waals surface area contributed by atoms with Gasteiger partial charge in [-0.05, 0) is 50.7 Å². The number of halogens is 2. The van der Waals surface area contributed by atoms with E-state index in [2.05, 4.69) is 21.2 Å². The van der Waals surface area contributed by atoms with Gasteiger partial charge in [-0.1, -0.05) is 28.1 Å². The lowest BCUT2D eigenvalue weighted by atomic mass is 10.1. The van der Waals surface area contributed by atoms with E-state index < -0.39 is 0 Å². The number of hydrogen-bond acceptors (Lipinski definition) is 2. The molecular weight excluding hydrogens is 321 g/mol. The minimum atomic E-state index is -0.321. The molecule has 1 N–H and O–H groups in total. The number of hydrogen-bond donors (Lipinski definition) is 1. The monoisotopic (exact) mass is 337 g/mol. The minimum Gasteiger partial charge on any atom is -0.454 e. The van der Waals surface area contributed by atoms with Gasteiger partial charge in [0.15, 0.2) is 11.6 Å². The highest BCUT2D eigenvalue weighted by molar-refractivity contribution is 9.10. The van der Waals surface area contributed by atoms with Gasteiger partial charge in [0, 0.05) is 16.1 Å². The van der Waals surface area contributed by atoms with Crippen molar-refractivity contribution < 1.29 is 9.13 Å². The maximum atomic E-state index is 14.0. The lowest BCUT2D eigenvalue weighted by Gasteiger charge is -2.17. The summed E-state index contributed by atoms with van der Waals surface area (Å²) in [5.41, 5.74) is 1.55. The van der Waals surface area contributed by atoms with E-state index in [1.807, 2.05) is 32.2 Å². The third kappa shape index (κ3) is 3.19. The van der Waals surface area contributed by atoms with Crippen molar-refractivity contribution in [2.24, 2.45) is 0 Å². The Labute approximate surface area is 127 Å². The quantitative estimate of drug-likeness (QED) is 0.850. The Balaban J connectivity index is 2.40. The van der Waals surface area contributed by atoms with Crippen LogP contribution in [-0.2, 0) is 0 Å². The number of rotatable bonds is 4. The molecule has 2 rings (SSSR count). The molecule has 0 radical (unpaired) electrons. The summed E-state index contributed by atoms with van der Waals surface area (Å²) in [7, 11) is 1.88. The molecule has 20 heavy (non-hydrogen) atoms. The van der Waals surface area contributed by atoms with Gasteiger partial charge in [-0.3, -0.25) is 0 Å². The first-order valence-electron chi connectivity index (χ1n) is 6.42. The van der Waals surface area contributed by atoms with Crippen LogP contribution in [0.3, 0.4) is 0 Å². The summed E-state index contributed by atoms with van der Waals surface area (Å²) in [5.74, 6) is 0.579. The molecule has 0 amide bonds. The van der Waals surface area contributed by atoms with Crippen LogP contribution in [0.1, 0.15) is 24.1 Å². The zero-order valence-electron chi connectivity index (χ0n) is 11.7. The van der Waals surface area contributed by atoms with Crippen LogP contribution in [0.15, 0.2) is 40.9 Å². The van der Waals surface area contributed by atoms with Crippen molar-refractivity contribution in [3.8, 4) is 11.5 Å². The molecule has 0 aliphatic rings. The van der Waals surface area contributed by atoms with Crippen molar-refractivity contribution in [1.82, 2.24) is 5.32 Å². The van der Waals surface area contributed by atoms with E-state index in [4.69, 9.17) is 4.74 Å². The van der Waals surface area contributed by atoms with Crippen molar-refractivity contribution in [2.75, 3.05) is 7.05 Å². The second-order valence-electron chi connectivity index (χ2n) is 4.68. The average Bonchev–Trinajstić information content (AvgIpc) is 2.44. The average molecular weight is 338 g/mol. The third-order valence-corrected chi connectivity index (χ3v) is 3.74. The lowest BCUT2D eigenvalue weighted by molar-refractivity contribution is 0.429. The van der Waals surface area contributed by atoms with Crippen LogP contribution >= 0.6 is 15.9 Å². The smallest absolute Gasteiger partial charge is 0.168 e. The molecule has 2 nitrogen and oxygen atoms in total. The molecule has 1 unspecified atom stereocenters. The van der Waals surface area contributed by atoms with E-state index in [1.165, 1.54) is 0 Å². The van der Waals surface area contributed by atoms with E-state index in [9.17, 15) is 4.39 Å². The highest BCUT2D eigenvalue weighted by atomic mass is 79.9. The van der Waals surface area contributed by atoms with Gasteiger partial charge in [-0.15, -0.1) is 0 Å². The van der Waals surface area contributed by atoms with Crippen molar-refractivity contribution in [3.63, 3.8) is 0 Å². The SMILES string of the molecule is CNC(C)c1cc(Br)ccc1Oc1cccc(C)c1F. The summed E-state index contributed by atoms with van der Waals surface area (Å²) in [4.78, 5) is 0. The molecule has 2 aromatic rings. The van der Waals surface area contributed by atoms with Gasteiger partial charge in [-0.25, -0.2) is 4.39 Å². The molecule has 0 heterocycles. The zero-order chi connectivity index (χ0) is 14.7. The van der Waals surface area contributed by atoms with Crippen molar-refractivity contribution in [2.45, 2.75) is 19.9 Å². The molecule has 0 saturated heterocycles. The topological polar surface area (TPSA) is 21.3 Å². The molecule has 0 spiro atoms. The molecule has 0 aliphatic heterocycles. The fourth-order valence-electron chi connectivity index (χ4n) is 1.92. The molecule has 2 aromatic carbocycles. The van der Waals surface area contributed by atoms with Crippen LogP contribution in [0, 0.1) is 12.7 Å². The van der Waals surface area contributed by atoms with Crippen LogP contribution in [-0.4, -0.2) is 7.05 Å².